The monoisotopic (exact) mass is 738 g/mol. The van der Waals surface area contributed by atoms with Crippen LogP contribution in [0.4, 0.5) is 0 Å². The summed E-state index contributed by atoms with van der Waals surface area (Å²) < 4.78 is 11.6. The van der Waals surface area contributed by atoms with Gasteiger partial charge in [-0.05, 0) is 124 Å². The molecule has 0 atom stereocenters. The van der Waals surface area contributed by atoms with E-state index in [0.717, 1.165) is 28.4 Å². The highest BCUT2D eigenvalue weighted by Gasteiger charge is 2.25. The van der Waals surface area contributed by atoms with Crippen molar-refractivity contribution in [1.82, 2.24) is 9.13 Å². The minimum atomic E-state index is 0.906. The summed E-state index contributed by atoms with van der Waals surface area (Å²) in [5.41, 5.74) is 19.0. The van der Waals surface area contributed by atoms with Gasteiger partial charge in [0.25, 0.3) is 0 Å². The molecule has 0 N–H and O–H groups in total. The first-order chi connectivity index (χ1) is 28.7. The molecule has 3 nitrogen and oxygen atoms in total. The van der Waals surface area contributed by atoms with Gasteiger partial charge in [0.2, 0.25) is 0 Å². The van der Waals surface area contributed by atoms with E-state index in [0.29, 0.717) is 0 Å². The second-order valence-corrected chi connectivity index (χ2v) is 15.7. The Bertz CT molecular complexity index is 3640. The Kier molecular flexibility index (Phi) is 6.50. The molecule has 0 amide bonds. The summed E-state index contributed by atoms with van der Waals surface area (Å²) in [5.74, 6) is 0. The number of benzene rings is 9. The number of nitrogens with zero attached hydrogens (tertiary/aromatic N) is 2. The molecule has 58 heavy (non-hydrogen) atoms. The summed E-state index contributed by atoms with van der Waals surface area (Å²) in [4.78, 5) is 0. The molecule has 0 radical (unpaired) electrons. The van der Waals surface area contributed by atoms with Gasteiger partial charge in [0.05, 0.1) is 22.1 Å². The fraction of sp³-hybridized carbons (Fsp3) is 0.0182. The molecule has 0 unspecified atom stereocenters. The van der Waals surface area contributed by atoms with E-state index in [9.17, 15) is 0 Å². The van der Waals surface area contributed by atoms with E-state index in [4.69, 9.17) is 4.42 Å². The number of aromatic nitrogens is 2. The number of rotatable bonds is 4. The maximum atomic E-state index is 6.81. The summed E-state index contributed by atoms with van der Waals surface area (Å²) in [7, 11) is 0. The van der Waals surface area contributed by atoms with Crippen molar-refractivity contribution in [1.29, 1.82) is 0 Å². The van der Waals surface area contributed by atoms with E-state index in [-0.39, 0.29) is 0 Å². The number of hydrogen-bond acceptors (Lipinski definition) is 1. The largest absolute Gasteiger partial charge is 0.455 e. The molecule has 3 heterocycles. The second-order valence-electron chi connectivity index (χ2n) is 15.7. The lowest BCUT2D eigenvalue weighted by Crippen LogP contribution is -1.92. The average Bonchev–Trinajstić information content (AvgIpc) is 4.03. The third-order valence-corrected chi connectivity index (χ3v) is 12.5. The van der Waals surface area contributed by atoms with E-state index in [1.165, 1.54) is 99.5 Å². The predicted octanol–water partition coefficient (Wildman–Crippen LogP) is 14.7. The van der Waals surface area contributed by atoms with Crippen LogP contribution in [0.5, 0.6) is 0 Å². The van der Waals surface area contributed by atoms with Gasteiger partial charge in [0, 0.05) is 49.3 Å². The van der Waals surface area contributed by atoms with Crippen LogP contribution < -0.4 is 0 Å². The Hall–Kier alpha value is -7.62. The van der Waals surface area contributed by atoms with Gasteiger partial charge in [-0.25, -0.2) is 0 Å². The fourth-order valence-corrected chi connectivity index (χ4v) is 9.87. The Morgan fingerprint density at radius 2 is 0.828 bits per heavy atom. The van der Waals surface area contributed by atoms with Gasteiger partial charge < -0.3 is 13.6 Å². The van der Waals surface area contributed by atoms with Crippen molar-refractivity contribution in [2.45, 2.75) is 6.42 Å². The molecule has 9 aromatic carbocycles. The highest BCUT2D eigenvalue weighted by molar-refractivity contribution is 6.14. The Balaban J connectivity index is 0.923. The normalized spacial score (nSPS) is 12.4. The number of furan rings is 1. The fourth-order valence-electron chi connectivity index (χ4n) is 9.87. The zero-order chi connectivity index (χ0) is 37.9. The smallest absolute Gasteiger partial charge is 0.143 e. The maximum Gasteiger partial charge on any atom is 0.143 e. The number of fused-ring (bicyclic) bond motifs is 13. The standard InChI is InChI=1S/C55H34N2O/c1-3-11-40(12-4-1)56-49-17-9-7-15-42(49)46-31-35(22-26-51(46)56)34-19-20-38-29-39-21-25-44-48-33-37(24-28-53(48)58-55(44)54(39)45(38)30-34)36-23-27-52-47(32-36)43-16-8-10-18-50(43)57(52)41-13-5-2-6-14-41/h1-28,30-33H,29H2. The number of hydrogen-bond donors (Lipinski definition) is 0. The molecule has 0 spiro atoms. The van der Waals surface area contributed by atoms with Crippen molar-refractivity contribution in [2.75, 3.05) is 0 Å². The molecule has 1 aliphatic rings. The van der Waals surface area contributed by atoms with Crippen LogP contribution in [0.3, 0.4) is 0 Å². The van der Waals surface area contributed by atoms with Crippen LogP contribution in [0.1, 0.15) is 11.1 Å². The zero-order valence-corrected chi connectivity index (χ0v) is 31.5. The van der Waals surface area contributed by atoms with Crippen molar-refractivity contribution in [2.24, 2.45) is 0 Å². The summed E-state index contributed by atoms with van der Waals surface area (Å²) in [6.45, 7) is 0. The van der Waals surface area contributed by atoms with Crippen molar-refractivity contribution in [3.8, 4) is 44.8 Å². The summed E-state index contributed by atoms with van der Waals surface area (Å²) in [6.07, 6.45) is 0.906. The third-order valence-electron chi connectivity index (χ3n) is 12.5. The minimum absolute atomic E-state index is 0.906. The van der Waals surface area contributed by atoms with Crippen molar-refractivity contribution in [3.63, 3.8) is 0 Å². The summed E-state index contributed by atoms with van der Waals surface area (Å²) >= 11 is 0. The highest BCUT2D eigenvalue weighted by Crippen LogP contribution is 2.47. The molecule has 13 rings (SSSR count). The third kappa shape index (κ3) is 4.50. The molecule has 12 aromatic rings. The average molecular weight is 739 g/mol. The molecule has 3 aromatic heterocycles. The van der Waals surface area contributed by atoms with Gasteiger partial charge >= 0.3 is 0 Å². The Labute approximate surface area is 334 Å². The first-order valence-electron chi connectivity index (χ1n) is 20.0. The zero-order valence-electron chi connectivity index (χ0n) is 31.5. The summed E-state index contributed by atoms with van der Waals surface area (Å²) in [5, 5.41) is 7.33. The lowest BCUT2D eigenvalue weighted by atomic mass is 9.96. The first-order valence-corrected chi connectivity index (χ1v) is 20.0. The maximum absolute atomic E-state index is 6.81. The van der Waals surface area contributed by atoms with E-state index in [2.05, 4.69) is 203 Å². The molecule has 270 valence electrons. The molecule has 0 saturated carbocycles. The number of para-hydroxylation sites is 4. The van der Waals surface area contributed by atoms with E-state index < -0.39 is 0 Å². The van der Waals surface area contributed by atoms with Gasteiger partial charge in [0.15, 0.2) is 0 Å². The van der Waals surface area contributed by atoms with Gasteiger partial charge in [-0.2, -0.15) is 0 Å². The topological polar surface area (TPSA) is 23.0 Å². The quantitative estimate of drug-likeness (QED) is 0.176. The van der Waals surface area contributed by atoms with Crippen LogP contribution >= 0.6 is 0 Å². The van der Waals surface area contributed by atoms with E-state index >= 15 is 0 Å². The van der Waals surface area contributed by atoms with Crippen LogP contribution in [0.25, 0.3) is 110 Å². The van der Waals surface area contributed by atoms with Gasteiger partial charge in [-0.3, -0.25) is 0 Å². The van der Waals surface area contributed by atoms with E-state index in [1.807, 2.05) is 0 Å². The molecule has 0 saturated heterocycles. The van der Waals surface area contributed by atoms with Crippen LogP contribution in [0, 0.1) is 0 Å². The highest BCUT2D eigenvalue weighted by atomic mass is 16.3. The predicted molar refractivity (Wildman–Crippen MR) is 242 cm³/mol. The summed E-state index contributed by atoms with van der Waals surface area (Å²) in [6, 6.07) is 70.8. The molecule has 0 bridgehead atoms. The van der Waals surface area contributed by atoms with Crippen molar-refractivity contribution in [3.05, 3.63) is 205 Å². The molecule has 3 heteroatoms. The second kappa shape index (κ2) is 11.9. The molecule has 1 aliphatic carbocycles. The van der Waals surface area contributed by atoms with Crippen LogP contribution in [-0.2, 0) is 6.42 Å². The lowest BCUT2D eigenvalue weighted by molar-refractivity contribution is 0.670. The van der Waals surface area contributed by atoms with Crippen LogP contribution in [-0.4, -0.2) is 9.13 Å². The van der Waals surface area contributed by atoms with Gasteiger partial charge in [-0.15, -0.1) is 0 Å². The van der Waals surface area contributed by atoms with Gasteiger partial charge in [0.1, 0.15) is 11.2 Å². The van der Waals surface area contributed by atoms with Crippen LogP contribution in [0.15, 0.2) is 199 Å². The minimum Gasteiger partial charge on any atom is -0.455 e. The van der Waals surface area contributed by atoms with Crippen LogP contribution in [0.2, 0.25) is 0 Å². The SMILES string of the molecule is c1ccc(-n2c3ccccc3c3cc(-c4ccc5c(c4)-c4c(ccc6c4oc4ccc(-c7ccc8c(c7)c7ccccc7n8-c7ccccc7)cc46)C5)ccc32)cc1. The molecular weight excluding hydrogens is 705 g/mol. The Morgan fingerprint density at radius 3 is 1.45 bits per heavy atom. The van der Waals surface area contributed by atoms with Crippen molar-refractivity contribution < 1.29 is 4.42 Å². The lowest BCUT2D eigenvalue weighted by Gasteiger charge is -2.09. The van der Waals surface area contributed by atoms with E-state index in [1.54, 1.807) is 0 Å². The molecular formula is C55H34N2O. The van der Waals surface area contributed by atoms with Gasteiger partial charge in [-0.1, -0.05) is 115 Å². The first kappa shape index (κ1) is 31.6. The Morgan fingerprint density at radius 1 is 0.345 bits per heavy atom. The van der Waals surface area contributed by atoms with Crippen molar-refractivity contribution >= 4 is 65.6 Å². The molecule has 0 aliphatic heterocycles. The molecule has 0 fully saturated rings.